The number of carbonyl (C=O) groups excluding carboxylic acids is 1. The molecule has 3 N–H and O–H groups in total. The summed E-state index contributed by atoms with van der Waals surface area (Å²) < 4.78 is 0. The quantitative estimate of drug-likeness (QED) is 0.554. The van der Waals surface area contributed by atoms with Crippen LogP contribution in [-0.4, -0.2) is 34.9 Å². The molecule has 0 atom stereocenters. The molecule has 0 saturated carbocycles. The van der Waals surface area contributed by atoms with Crippen molar-refractivity contribution in [2.24, 2.45) is 4.99 Å². The normalized spacial score (nSPS) is 12.8. The lowest BCUT2D eigenvalue weighted by Gasteiger charge is -2.12. The van der Waals surface area contributed by atoms with Crippen molar-refractivity contribution in [2.75, 3.05) is 13.1 Å². The highest BCUT2D eigenvalue weighted by molar-refractivity contribution is 6.30. The van der Waals surface area contributed by atoms with E-state index in [1.54, 1.807) is 24.5 Å². The van der Waals surface area contributed by atoms with Gasteiger partial charge in [0.2, 0.25) is 0 Å². The van der Waals surface area contributed by atoms with Gasteiger partial charge < -0.3 is 16.0 Å². The highest BCUT2D eigenvalue weighted by atomic mass is 35.5. The molecule has 1 amide bonds. The number of aliphatic imine (C=N–C) groups is 1. The van der Waals surface area contributed by atoms with E-state index in [9.17, 15) is 4.79 Å². The van der Waals surface area contributed by atoms with Crippen molar-refractivity contribution in [3.8, 4) is 11.1 Å². The fraction of sp³-hybridized carbons (Fsp3) is 0.217. The van der Waals surface area contributed by atoms with Gasteiger partial charge in [0.1, 0.15) is 0 Å². The van der Waals surface area contributed by atoms with Crippen LogP contribution in [0.25, 0.3) is 11.1 Å². The highest BCUT2D eigenvalue weighted by Crippen LogP contribution is 2.23. The monoisotopic (exact) mass is 434 g/mol. The Kier molecular flexibility index (Phi) is 6.43. The Morgan fingerprint density at radius 1 is 1.10 bits per heavy atom. The maximum Gasteiger partial charge on any atom is 0.251 e. The number of guanidine groups is 1. The number of hydrogen-bond donors (Lipinski definition) is 3. The third kappa shape index (κ3) is 5.58. The van der Waals surface area contributed by atoms with Crippen LogP contribution >= 0.6 is 11.6 Å². The lowest BCUT2D eigenvalue weighted by atomic mass is 9.99. The predicted octanol–water partition coefficient (Wildman–Crippen LogP) is 3.08. The van der Waals surface area contributed by atoms with E-state index in [-0.39, 0.29) is 5.91 Å². The van der Waals surface area contributed by atoms with E-state index in [1.165, 1.54) is 0 Å². The number of halogens is 1. The first-order valence-electron chi connectivity index (χ1n) is 10.0. The number of aryl methyl sites for hydroxylation is 1. The van der Waals surface area contributed by atoms with Crippen molar-refractivity contribution >= 4 is 23.5 Å². The Morgan fingerprint density at radius 3 is 2.74 bits per heavy atom. The van der Waals surface area contributed by atoms with Gasteiger partial charge in [-0.05, 0) is 66.1 Å². The molecular formula is C23H23ClN6O. The molecule has 0 unspecified atom stereocenters. The summed E-state index contributed by atoms with van der Waals surface area (Å²) in [6.07, 6.45) is 3.34. The fourth-order valence-corrected chi connectivity index (χ4v) is 3.41. The molecule has 1 aliphatic heterocycles. The van der Waals surface area contributed by atoms with E-state index in [4.69, 9.17) is 11.6 Å². The van der Waals surface area contributed by atoms with Crippen LogP contribution < -0.4 is 16.0 Å². The molecule has 1 aromatic carbocycles. The average molecular weight is 435 g/mol. The zero-order valence-corrected chi connectivity index (χ0v) is 17.9. The number of benzene rings is 1. The van der Waals surface area contributed by atoms with E-state index in [1.807, 2.05) is 31.2 Å². The van der Waals surface area contributed by atoms with E-state index < -0.39 is 0 Å². The minimum absolute atomic E-state index is 0.165. The van der Waals surface area contributed by atoms with Gasteiger partial charge in [-0.2, -0.15) is 0 Å². The molecule has 0 spiro atoms. The standard InChI is InChI=1S/C23H23ClN6O/c1-15-8-17(4-5-25-15)18-9-16(12-30-23-26-6-7-27-23)10-19(11-18)22(31)29-14-21-3-2-20(24)13-28-21/h2-5,8-11,13H,6-7,12,14H2,1H3,(H,29,31)(H2,26,27,30). The van der Waals surface area contributed by atoms with Crippen molar-refractivity contribution in [3.05, 3.63) is 82.4 Å². The second kappa shape index (κ2) is 9.57. The van der Waals surface area contributed by atoms with Crippen molar-refractivity contribution in [3.63, 3.8) is 0 Å². The van der Waals surface area contributed by atoms with Gasteiger partial charge in [-0.25, -0.2) is 0 Å². The van der Waals surface area contributed by atoms with E-state index in [0.717, 1.165) is 47.1 Å². The molecule has 7 nitrogen and oxygen atoms in total. The third-order valence-corrected chi connectivity index (χ3v) is 5.06. The third-order valence-electron chi connectivity index (χ3n) is 4.84. The first kappa shape index (κ1) is 20.8. The molecule has 0 saturated heterocycles. The van der Waals surface area contributed by atoms with Gasteiger partial charge in [-0.15, -0.1) is 0 Å². The lowest BCUT2D eigenvalue weighted by Crippen LogP contribution is -2.33. The van der Waals surface area contributed by atoms with Crippen LogP contribution in [0.3, 0.4) is 0 Å². The second-order valence-electron chi connectivity index (χ2n) is 7.27. The average Bonchev–Trinajstić information content (AvgIpc) is 3.31. The van der Waals surface area contributed by atoms with Crippen molar-refractivity contribution in [2.45, 2.75) is 20.0 Å². The van der Waals surface area contributed by atoms with Gasteiger partial charge in [-0.1, -0.05) is 11.6 Å². The minimum atomic E-state index is -0.165. The van der Waals surface area contributed by atoms with Crippen LogP contribution in [0, 0.1) is 6.92 Å². The number of pyridine rings is 2. The summed E-state index contributed by atoms with van der Waals surface area (Å²) in [6, 6.07) is 13.4. The summed E-state index contributed by atoms with van der Waals surface area (Å²) in [4.78, 5) is 25.8. The topological polar surface area (TPSA) is 91.3 Å². The number of nitrogens with one attached hydrogen (secondary N) is 3. The number of carbonyl (C=O) groups is 1. The molecular weight excluding hydrogens is 412 g/mol. The number of amides is 1. The minimum Gasteiger partial charge on any atom is -0.355 e. The Hall–Kier alpha value is -3.45. The Bertz CT molecular complexity index is 1110. The van der Waals surface area contributed by atoms with Crippen molar-refractivity contribution < 1.29 is 4.79 Å². The van der Waals surface area contributed by atoms with E-state index >= 15 is 0 Å². The second-order valence-corrected chi connectivity index (χ2v) is 7.70. The van der Waals surface area contributed by atoms with E-state index in [2.05, 4.69) is 37.0 Å². The summed E-state index contributed by atoms with van der Waals surface area (Å²) >= 11 is 5.88. The zero-order valence-electron chi connectivity index (χ0n) is 17.2. The molecule has 2 aromatic heterocycles. The lowest BCUT2D eigenvalue weighted by molar-refractivity contribution is 0.0950. The van der Waals surface area contributed by atoms with Crippen molar-refractivity contribution in [1.29, 1.82) is 0 Å². The maximum absolute atomic E-state index is 12.9. The van der Waals surface area contributed by atoms with Crippen molar-refractivity contribution in [1.82, 2.24) is 25.9 Å². The molecule has 3 heterocycles. The van der Waals surface area contributed by atoms with Gasteiger partial charge in [0.25, 0.3) is 5.91 Å². The molecule has 0 fully saturated rings. The largest absolute Gasteiger partial charge is 0.355 e. The van der Waals surface area contributed by atoms with Crippen LogP contribution in [0.2, 0.25) is 5.02 Å². The Labute approximate surface area is 186 Å². The number of rotatable bonds is 6. The molecule has 0 bridgehead atoms. The number of nitrogens with zero attached hydrogens (tertiary/aromatic N) is 3. The number of aromatic nitrogens is 2. The summed E-state index contributed by atoms with van der Waals surface area (Å²) in [5.74, 6) is 0.618. The van der Waals surface area contributed by atoms with E-state index in [0.29, 0.717) is 23.7 Å². The summed E-state index contributed by atoms with van der Waals surface area (Å²) in [6.45, 7) is 4.44. The molecule has 3 aromatic rings. The molecule has 0 aliphatic carbocycles. The smallest absolute Gasteiger partial charge is 0.251 e. The first-order valence-corrected chi connectivity index (χ1v) is 10.4. The molecule has 31 heavy (non-hydrogen) atoms. The Balaban J connectivity index is 1.56. The van der Waals surface area contributed by atoms with Gasteiger partial charge in [0, 0.05) is 36.7 Å². The molecule has 4 rings (SSSR count). The first-order chi connectivity index (χ1) is 15.1. The van der Waals surface area contributed by atoms with Gasteiger partial charge >= 0.3 is 0 Å². The fourth-order valence-electron chi connectivity index (χ4n) is 3.30. The summed E-state index contributed by atoms with van der Waals surface area (Å²) in [7, 11) is 0. The Morgan fingerprint density at radius 2 is 2.00 bits per heavy atom. The molecule has 158 valence electrons. The van der Waals surface area contributed by atoms with Crippen LogP contribution in [0.1, 0.15) is 27.3 Å². The van der Waals surface area contributed by atoms with Gasteiger partial charge in [0.05, 0.1) is 23.8 Å². The SMILES string of the molecule is Cc1cc(-c2cc(CNC3=NCCN3)cc(C(=O)NCc3ccc(Cl)cn3)c2)ccn1. The van der Waals surface area contributed by atoms with Crippen LogP contribution in [0.15, 0.2) is 59.9 Å². The van der Waals surface area contributed by atoms with Crippen LogP contribution in [-0.2, 0) is 13.1 Å². The van der Waals surface area contributed by atoms with Crippen LogP contribution in [0.5, 0.6) is 0 Å². The number of hydrogen-bond acceptors (Lipinski definition) is 6. The molecule has 0 radical (unpaired) electrons. The van der Waals surface area contributed by atoms with Gasteiger partial charge in [-0.3, -0.25) is 19.8 Å². The summed E-state index contributed by atoms with van der Waals surface area (Å²) in [5.41, 5.74) is 5.20. The molecule has 8 heteroatoms. The highest BCUT2D eigenvalue weighted by Gasteiger charge is 2.12. The predicted molar refractivity (Wildman–Crippen MR) is 122 cm³/mol. The van der Waals surface area contributed by atoms with Crippen LogP contribution in [0.4, 0.5) is 0 Å². The maximum atomic E-state index is 12.9. The molecule has 1 aliphatic rings. The zero-order chi connectivity index (χ0) is 21.6. The summed E-state index contributed by atoms with van der Waals surface area (Å²) in [5, 5.41) is 9.98. The van der Waals surface area contributed by atoms with Gasteiger partial charge in [0.15, 0.2) is 5.96 Å².